The van der Waals surface area contributed by atoms with Crippen LogP contribution in [0.2, 0.25) is 0 Å². The summed E-state index contributed by atoms with van der Waals surface area (Å²) in [5, 5.41) is 11.3. The number of benzene rings is 2. The minimum atomic E-state index is -0.546. The van der Waals surface area contributed by atoms with Gasteiger partial charge in [-0.15, -0.1) is 0 Å². The molecule has 1 heterocycles. The van der Waals surface area contributed by atoms with Crippen molar-refractivity contribution >= 4 is 12.0 Å². The number of hydrogen-bond acceptors (Lipinski definition) is 5. The van der Waals surface area contributed by atoms with Crippen molar-refractivity contribution in [2.75, 3.05) is 6.61 Å². The summed E-state index contributed by atoms with van der Waals surface area (Å²) < 4.78 is 24.9. The summed E-state index contributed by atoms with van der Waals surface area (Å²) in [5.74, 6) is 0.192. The minimum Gasteiger partial charge on any atom is -0.479 e. The molecule has 1 N–H and O–H groups in total. The number of rotatable bonds is 8. The molecule has 7 heteroatoms. The average Bonchev–Trinajstić information content (AvgIpc) is 2.77. The zero-order chi connectivity index (χ0) is 21.2. The standard InChI is InChI=1S/C23H18FN3O3/c24-21-14-17(6-8-22(21)30-20-5-2-11-26-16-20)7-9-23(28)27-15-18-3-1-4-19(13-18)29-12-10-25/h1-9,11,13-14,16H,12,15H2,(H,27,28)/b9-7+. The Balaban J connectivity index is 1.54. The Kier molecular flexibility index (Phi) is 7.12. The van der Waals surface area contributed by atoms with Crippen LogP contribution in [0.4, 0.5) is 4.39 Å². The van der Waals surface area contributed by atoms with Gasteiger partial charge >= 0.3 is 0 Å². The van der Waals surface area contributed by atoms with Gasteiger partial charge in [0.05, 0.1) is 6.20 Å². The molecule has 0 aliphatic carbocycles. The van der Waals surface area contributed by atoms with Gasteiger partial charge in [-0.1, -0.05) is 18.2 Å². The summed E-state index contributed by atoms with van der Waals surface area (Å²) in [6, 6.07) is 16.8. The number of aromatic nitrogens is 1. The third-order valence-electron chi connectivity index (χ3n) is 3.91. The first kappa shape index (κ1) is 20.6. The Morgan fingerprint density at radius 2 is 2.03 bits per heavy atom. The van der Waals surface area contributed by atoms with Crippen LogP contribution in [0.15, 0.2) is 73.1 Å². The molecule has 2 aromatic carbocycles. The molecule has 3 aromatic rings. The van der Waals surface area contributed by atoms with E-state index in [1.54, 1.807) is 42.6 Å². The number of nitrogens with one attached hydrogen (secondary N) is 1. The van der Waals surface area contributed by atoms with Crippen molar-refractivity contribution < 1.29 is 18.7 Å². The highest BCUT2D eigenvalue weighted by Crippen LogP contribution is 2.24. The number of nitriles is 1. The van der Waals surface area contributed by atoms with Gasteiger partial charge in [-0.3, -0.25) is 9.78 Å². The maximum atomic E-state index is 14.2. The molecule has 0 aliphatic heterocycles. The summed E-state index contributed by atoms with van der Waals surface area (Å²) in [5.41, 5.74) is 1.35. The van der Waals surface area contributed by atoms with E-state index in [4.69, 9.17) is 14.7 Å². The molecule has 0 bridgehead atoms. The van der Waals surface area contributed by atoms with Crippen LogP contribution < -0.4 is 14.8 Å². The maximum Gasteiger partial charge on any atom is 0.244 e. The first-order valence-corrected chi connectivity index (χ1v) is 9.06. The molecule has 1 amide bonds. The van der Waals surface area contributed by atoms with Gasteiger partial charge in [0, 0.05) is 18.8 Å². The summed E-state index contributed by atoms with van der Waals surface area (Å²) in [7, 11) is 0. The molecular formula is C23H18FN3O3. The van der Waals surface area contributed by atoms with Gasteiger partial charge < -0.3 is 14.8 Å². The molecule has 6 nitrogen and oxygen atoms in total. The zero-order valence-corrected chi connectivity index (χ0v) is 15.9. The van der Waals surface area contributed by atoms with Crippen molar-refractivity contribution in [3.05, 3.63) is 90.0 Å². The molecule has 150 valence electrons. The number of carbonyl (C=O) groups is 1. The molecule has 0 aliphatic rings. The SMILES string of the molecule is N#CCOc1cccc(CNC(=O)/C=C/c2ccc(Oc3cccnc3)c(F)c2)c1. The van der Waals surface area contributed by atoms with E-state index in [-0.39, 0.29) is 18.3 Å². The van der Waals surface area contributed by atoms with E-state index < -0.39 is 5.82 Å². The van der Waals surface area contributed by atoms with Gasteiger partial charge in [-0.2, -0.15) is 5.26 Å². The van der Waals surface area contributed by atoms with Crippen molar-refractivity contribution in [1.29, 1.82) is 5.26 Å². The van der Waals surface area contributed by atoms with E-state index >= 15 is 0 Å². The zero-order valence-electron chi connectivity index (χ0n) is 15.9. The van der Waals surface area contributed by atoms with Crippen LogP contribution in [0.3, 0.4) is 0 Å². The van der Waals surface area contributed by atoms with Gasteiger partial charge in [-0.25, -0.2) is 4.39 Å². The Bertz CT molecular complexity index is 1080. The number of pyridine rings is 1. The Morgan fingerprint density at radius 3 is 2.80 bits per heavy atom. The number of amides is 1. The maximum absolute atomic E-state index is 14.2. The Morgan fingerprint density at radius 1 is 1.17 bits per heavy atom. The van der Waals surface area contributed by atoms with Crippen LogP contribution in [-0.4, -0.2) is 17.5 Å². The molecule has 0 saturated carbocycles. The largest absolute Gasteiger partial charge is 0.479 e. The number of nitrogens with zero attached hydrogens (tertiary/aromatic N) is 2. The molecule has 1 aromatic heterocycles. The van der Waals surface area contributed by atoms with E-state index in [1.165, 1.54) is 30.5 Å². The fourth-order valence-corrected chi connectivity index (χ4v) is 2.52. The number of carbonyl (C=O) groups excluding carboxylic acids is 1. The van der Waals surface area contributed by atoms with Crippen LogP contribution in [0.5, 0.6) is 17.2 Å². The fraction of sp³-hybridized carbons (Fsp3) is 0.0870. The highest BCUT2D eigenvalue weighted by molar-refractivity contribution is 5.91. The van der Waals surface area contributed by atoms with Crippen LogP contribution in [-0.2, 0) is 11.3 Å². The van der Waals surface area contributed by atoms with Crippen molar-refractivity contribution in [3.8, 4) is 23.3 Å². The smallest absolute Gasteiger partial charge is 0.244 e. The predicted octanol–water partition coefficient (Wildman–Crippen LogP) is 4.24. The lowest BCUT2D eigenvalue weighted by molar-refractivity contribution is -0.116. The topological polar surface area (TPSA) is 84.2 Å². The molecule has 30 heavy (non-hydrogen) atoms. The van der Waals surface area contributed by atoms with Gasteiger partial charge in [0.1, 0.15) is 17.6 Å². The Labute approximate surface area is 173 Å². The highest BCUT2D eigenvalue weighted by Gasteiger charge is 2.06. The van der Waals surface area contributed by atoms with Crippen molar-refractivity contribution in [2.45, 2.75) is 6.54 Å². The lowest BCUT2D eigenvalue weighted by atomic mass is 10.2. The van der Waals surface area contributed by atoms with Crippen molar-refractivity contribution in [3.63, 3.8) is 0 Å². The normalized spacial score (nSPS) is 10.4. The summed E-state index contributed by atoms with van der Waals surface area (Å²) >= 11 is 0. The number of hydrogen-bond donors (Lipinski definition) is 1. The van der Waals surface area contributed by atoms with E-state index in [0.717, 1.165) is 5.56 Å². The lowest BCUT2D eigenvalue weighted by Gasteiger charge is -2.07. The number of halogens is 1. The second-order valence-electron chi connectivity index (χ2n) is 6.13. The molecule has 0 spiro atoms. The van der Waals surface area contributed by atoms with Crippen LogP contribution in [0.25, 0.3) is 6.08 Å². The van der Waals surface area contributed by atoms with Gasteiger partial charge in [0.25, 0.3) is 0 Å². The molecule has 3 rings (SSSR count). The molecule has 0 unspecified atom stereocenters. The molecular weight excluding hydrogens is 385 g/mol. The monoisotopic (exact) mass is 403 g/mol. The second kappa shape index (κ2) is 10.4. The quantitative estimate of drug-likeness (QED) is 0.569. The van der Waals surface area contributed by atoms with Crippen LogP contribution in [0.1, 0.15) is 11.1 Å². The van der Waals surface area contributed by atoms with Gasteiger partial charge in [-0.05, 0) is 53.6 Å². The fourth-order valence-electron chi connectivity index (χ4n) is 2.52. The second-order valence-corrected chi connectivity index (χ2v) is 6.13. The van der Waals surface area contributed by atoms with Gasteiger partial charge in [0.2, 0.25) is 5.91 Å². The Hall–Kier alpha value is -4.18. The molecule has 0 fully saturated rings. The van der Waals surface area contributed by atoms with E-state index in [0.29, 0.717) is 23.6 Å². The van der Waals surface area contributed by atoms with E-state index in [9.17, 15) is 9.18 Å². The van der Waals surface area contributed by atoms with Gasteiger partial charge in [0.15, 0.2) is 18.2 Å². The third kappa shape index (κ3) is 6.17. The summed E-state index contributed by atoms with van der Waals surface area (Å²) in [6.07, 6.45) is 5.93. The lowest BCUT2D eigenvalue weighted by Crippen LogP contribution is -2.20. The minimum absolute atomic E-state index is 0.0405. The van der Waals surface area contributed by atoms with Crippen molar-refractivity contribution in [1.82, 2.24) is 10.3 Å². The van der Waals surface area contributed by atoms with E-state index in [2.05, 4.69) is 10.3 Å². The first-order valence-electron chi connectivity index (χ1n) is 9.06. The summed E-state index contributed by atoms with van der Waals surface area (Å²) in [6.45, 7) is 0.250. The molecule has 0 saturated heterocycles. The van der Waals surface area contributed by atoms with Crippen LogP contribution >= 0.6 is 0 Å². The average molecular weight is 403 g/mol. The number of ether oxygens (including phenoxy) is 2. The molecule has 0 atom stereocenters. The highest BCUT2D eigenvalue weighted by atomic mass is 19.1. The summed E-state index contributed by atoms with van der Waals surface area (Å²) in [4.78, 5) is 16.0. The van der Waals surface area contributed by atoms with Crippen LogP contribution in [0, 0.1) is 17.1 Å². The molecule has 0 radical (unpaired) electrons. The van der Waals surface area contributed by atoms with Crippen molar-refractivity contribution in [2.24, 2.45) is 0 Å². The van der Waals surface area contributed by atoms with E-state index in [1.807, 2.05) is 12.1 Å². The predicted molar refractivity (Wildman–Crippen MR) is 109 cm³/mol. The first-order chi connectivity index (χ1) is 14.6. The third-order valence-corrected chi connectivity index (χ3v) is 3.91.